The topological polar surface area (TPSA) is 29.3 Å². The van der Waals surface area contributed by atoms with Crippen LogP contribution >= 0.6 is 24.0 Å². The summed E-state index contributed by atoms with van der Waals surface area (Å²) in [7, 11) is 0. The van der Waals surface area contributed by atoms with Crippen molar-refractivity contribution in [1.29, 1.82) is 0 Å². The summed E-state index contributed by atoms with van der Waals surface area (Å²) >= 11 is 7.08. The van der Waals surface area contributed by atoms with E-state index in [1.165, 1.54) is 17.0 Å². The summed E-state index contributed by atoms with van der Waals surface area (Å²) in [4.78, 5) is 2.92. The van der Waals surface area contributed by atoms with E-state index in [2.05, 4.69) is 30.9 Å². The molecule has 1 atom stereocenters. The molecule has 0 saturated carbocycles. The number of nitrogens with two attached hydrogens (primary N) is 1. The second-order valence-corrected chi connectivity index (χ2v) is 6.48. The normalized spacial score (nSPS) is 20.4. The van der Waals surface area contributed by atoms with Crippen LogP contribution in [0.25, 0.3) is 0 Å². The summed E-state index contributed by atoms with van der Waals surface area (Å²) in [5.74, 6) is 1.21. The molecule has 2 nitrogen and oxygen atoms in total. The van der Waals surface area contributed by atoms with Gasteiger partial charge in [0.15, 0.2) is 0 Å². The Hall–Kier alpha value is -0.740. The fraction of sp³-hybridized carbons (Fsp3) is 0.462. The van der Waals surface area contributed by atoms with E-state index in [0.29, 0.717) is 10.2 Å². The lowest BCUT2D eigenvalue weighted by molar-refractivity contribution is 0.782. The number of hydrogen-bond donors (Lipinski definition) is 1. The second kappa shape index (κ2) is 5.27. The Kier molecular flexibility index (Phi) is 3.94. The van der Waals surface area contributed by atoms with Gasteiger partial charge in [-0.05, 0) is 30.7 Å². The summed E-state index contributed by atoms with van der Waals surface area (Å²) in [5, 5.41) is 0.708. The van der Waals surface area contributed by atoms with Crippen LogP contribution in [0.4, 0.5) is 5.69 Å². The predicted molar refractivity (Wildman–Crippen MR) is 81.2 cm³/mol. The summed E-state index contributed by atoms with van der Waals surface area (Å²) in [5.41, 5.74) is 9.12. The highest BCUT2D eigenvalue weighted by atomic mass is 32.2. The summed E-state index contributed by atoms with van der Waals surface area (Å²) in [6.45, 7) is 6.60. The van der Waals surface area contributed by atoms with Crippen LogP contribution in [0.5, 0.6) is 0 Å². The molecular formula is C13H18N2S2. The van der Waals surface area contributed by atoms with E-state index in [0.717, 1.165) is 18.7 Å². The number of hydrogen-bond acceptors (Lipinski definition) is 3. The maximum atomic E-state index is 5.68. The van der Waals surface area contributed by atoms with Crippen molar-refractivity contribution in [2.45, 2.75) is 19.1 Å². The predicted octanol–water partition coefficient (Wildman–Crippen LogP) is 2.57. The van der Waals surface area contributed by atoms with Gasteiger partial charge in [0, 0.05) is 35.3 Å². The lowest BCUT2D eigenvalue weighted by Gasteiger charge is -2.32. The van der Waals surface area contributed by atoms with E-state index in [-0.39, 0.29) is 0 Å². The zero-order chi connectivity index (χ0) is 12.4. The highest BCUT2D eigenvalue weighted by Crippen LogP contribution is 2.25. The molecule has 1 aliphatic rings. The van der Waals surface area contributed by atoms with Crippen LogP contribution in [0.2, 0.25) is 0 Å². The molecule has 1 aromatic carbocycles. The van der Waals surface area contributed by atoms with Crippen molar-refractivity contribution >= 4 is 34.7 Å². The Labute approximate surface area is 113 Å². The third kappa shape index (κ3) is 2.93. The number of nitrogens with zero attached hydrogens (tertiary/aromatic N) is 1. The largest absolute Gasteiger partial charge is 0.389 e. The third-order valence-corrected chi connectivity index (χ3v) is 4.44. The number of thioether (sulfide) groups is 1. The highest BCUT2D eigenvalue weighted by Gasteiger charge is 2.17. The van der Waals surface area contributed by atoms with Gasteiger partial charge in [0.25, 0.3) is 0 Å². The molecule has 92 valence electrons. The summed E-state index contributed by atoms with van der Waals surface area (Å²) < 4.78 is 0. The lowest BCUT2D eigenvalue weighted by atomic mass is 10.1. The van der Waals surface area contributed by atoms with Crippen molar-refractivity contribution in [3.05, 3.63) is 29.3 Å². The molecular weight excluding hydrogens is 248 g/mol. The lowest BCUT2D eigenvalue weighted by Crippen LogP contribution is -2.36. The number of anilines is 1. The molecule has 0 bridgehead atoms. The maximum Gasteiger partial charge on any atom is 0.104 e. The van der Waals surface area contributed by atoms with Crippen LogP contribution in [-0.4, -0.2) is 29.1 Å². The molecule has 0 radical (unpaired) electrons. The Balaban J connectivity index is 2.22. The highest BCUT2D eigenvalue weighted by molar-refractivity contribution is 8.00. The van der Waals surface area contributed by atoms with E-state index in [1.54, 1.807) is 0 Å². The molecule has 2 rings (SSSR count). The molecule has 0 spiro atoms. The van der Waals surface area contributed by atoms with E-state index in [4.69, 9.17) is 18.0 Å². The zero-order valence-corrected chi connectivity index (χ0v) is 11.9. The van der Waals surface area contributed by atoms with Crippen molar-refractivity contribution in [2.24, 2.45) is 5.73 Å². The van der Waals surface area contributed by atoms with Gasteiger partial charge in [0.1, 0.15) is 4.99 Å². The van der Waals surface area contributed by atoms with E-state index < -0.39 is 0 Å². The van der Waals surface area contributed by atoms with Gasteiger partial charge in [-0.25, -0.2) is 0 Å². The Morgan fingerprint density at radius 3 is 2.88 bits per heavy atom. The van der Waals surface area contributed by atoms with Crippen LogP contribution in [0, 0.1) is 6.92 Å². The van der Waals surface area contributed by atoms with Gasteiger partial charge in [0.05, 0.1) is 0 Å². The molecule has 1 aliphatic heterocycles. The molecule has 0 amide bonds. The first-order valence-electron chi connectivity index (χ1n) is 5.85. The number of aryl methyl sites for hydroxylation is 1. The SMILES string of the molecule is Cc1cc(N2CCSC(C)C2)ccc1C(N)=S. The molecule has 0 aliphatic carbocycles. The summed E-state index contributed by atoms with van der Waals surface area (Å²) in [6.07, 6.45) is 0. The molecule has 2 N–H and O–H groups in total. The minimum atomic E-state index is 0.483. The van der Waals surface area contributed by atoms with Crippen molar-refractivity contribution < 1.29 is 0 Å². The van der Waals surface area contributed by atoms with Crippen molar-refractivity contribution in [2.75, 3.05) is 23.7 Å². The first-order valence-corrected chi connectivity index (χ1v) is 7.30. The number of thiocarbonyl (C=S) groups is 1. The molecule has 1 aromatic rings. The van der Waals surface area contributed by atoms with Crippen LogP contribution < -0.4 is 10.6 Å². The Morgan fingerprint density at radius 2 is 2.29 bits per heavy atom. The molecule has 1 saturated heterocycles. The monoisotopic (exact) mass is 266 g/mol. The quantitative estimate of drug-likeness (QED) is 0.833. The van der Waals surface area contributed by atoms with Gasteiger partial charge in [-0.3, -0.25) is 0 Å². The zero-order valence-electron chi connectivity index (χ0n) is 10.3. The fourth-order valence-corrected chi connectivity index (χ4v) is 3.42. The van der Waals surface area contributed by atoms with E-state index >= 15 is 0 Å². The minimum Gasteiger partial charge on any atom is -0.389 e. The van der Waals surface area contributed by atoms with E-state index in [9.17, 15) is 0 Å². The molecule has 0 aromatic heterocycles. The van der Waals surface area contributed by atoms with Gasteiger partial charge in [-0.2, -0.15) is 11.8 Å². The van der Waals surface area contributed by atoms with Crippen LogP contribution in [-0.2, 0) is 0 Å². The van der Waals surface area contributed by atoms with Crippen molar-refractivity contribution in [1.82, 2.24) is 0 Å². The van der Waals surface area contributed by atoms with E-state index in [1.807, 2.05) is 17.8 Å². The number of benzene rings is 1. The third-order valence-electron chi connectivity index (χ3n) is 3.08. The van der Waals surface area contributed by atoms with Gasteiger partial charge in [-0.15, -0.1) is 0 Å². The van der Waals surface area contributed by atoms with Gasteiger partial charge in [-0.1, -0.05) is 19.1 Å². The Bertz CT molecular complexity index is 431. The standard InChI is InChI=1S/C13H18N2S2/c1-9-7-11(3-4-12(9)13(14)16)15-5-6-17-10(2)8-15/h3-4,7,10H,5-6,8H2,1-2H3,(H2,14,16). The van der Waals surface area contributed by atoms with Crippen molar-refractivity contribution in [3.8, 4) is 0 Å². The van der Waals surface area contributed by atoms with Gasteiger partial charge >= 0.3 is 0 Å². The second-order valence-electron chi connectivity index (χ2n) is 4.49. The smallest absolute Gasteiger partial charge is 0.104 e. The van der Waals surface area contributed by atoms with Crippen molar-refractivity contribution in [3.63, 3.8) is 0 Å². The van der Waals surface area contributed by atoms with Gasteiger partial charge < -0.3 is 10.6 Å². The van der Waals surface area contributed by atoms with Crippen LogP contribution in [0.1, 0.15) is 18.1 Å². The first-order chi connectivity index (χ1) is 8.08. The summed E-state index contributed by atoms with van der Waals surface area (Å²) in [6, 6.07) is 6.36. The minimum absolute atomic E-state index is 0.483. The molecule has 1 heterocycles. The Morgan fingerprint density at radius 1 is 1.53 bits per heavy atom. The molecule has 4 heteroatoms. The first kappa shape index (κ1) is 12.7. The average Bonchev–Trinajstić information content (AvgIpc) is 2.28. The maximum absolute atomic E-state index is 5.68. The van der Waals surface area contributed by atoms with Gasteiger partial charge in [0.2, 0.25) is 0 Å². The fourth-order valence-electron chi connectivity index (χ4n) is 2.17. The average molecular weight is 266 g/mol. The number of rotatable bonds is 2. The molecule has 17 heavy (non-hydrogen) atoms. The molecule has 1 unspecified atom stereocenters. The van der Waals surface area contributed by atoms with Crippen LogP contribution in [0.15, 0.2) is 18.2 Å². The molecule has 1 fully saturated rings. The van der Waals surface area contributed by atoms with Crippen LogP contribution in [0.3, 0.4) is 0 Å².